The molecule has 2 nitrogen and oxygen atoms in total. The smallest absolute Gasteiger partial charge is 0.0701 e. The van der Waals surface area contributed by atoms with E-state index in [-0.39, 0.29) is 11.6 Å². The molecule has 0 saturated carbocycles. The van der Waals surface area contributed by atoms with Crippen molar-refractivity contribution in [2.45, 2.75) is 51.2 Å². The second-order valence-corrected chi connectivity index (χ2v) is 8.07. The SMILES string of the molecule is Cc1cc(C)cc(C(N)C2CCOC3(CCSCC3)C2)c1. The van der Waals surface area contributed by atoms with Crippen LogP contribution in [0.3, 0.4) is 0 Å². The fourth-order valence-electron chi connectivity index (χ4n) is 3.94. The molecular weight excluding hydrogens is 278 g/mol. The summed E-state index contributed by atoms with van der Waals surface area (Å²) in [6, 6.07) is 6.89. The van der Waals surface area contributed by atoms with Crippen molar-refractivity contribution in [2.75, 3.05) is 18.1 Å². The molecular formula is C18H27NOS. The minimum absolute atomic E-state index is 0.130. The Morgan fingerprint density at radius 3 is 2.52 bits per heavy atom. The van der Waals surface area contributed by atoms with Crippen LogP contribution in [0.15, 0.2) is 18.2 Å². The third-order valence-electron chi connectivity index (χ3n) is 5.07. The van der Waals surface area contributed by atoms with Crippen LogP contribution >= 0.6 is 11.8 Å². The lowest BCUT2D eigenvalue weighted by Gasteiger charge is -2.45. The summed E-state index contributed by atoms with van der Waals surface area (Å²) in [5.74, 6) is 3.04. The van der Waals surface area contributed by atoms with E-state index in [9.17, 15) is 0 Å². The molecule has 2 fully saturated rings. The monoisotopic (exact) mass is 305 g/mol. The molecule has 2 aliphatic rings. The van der Waals surface area contributed by atoms with E-state index in [0.29, 0.717) is 5.92 Å². The topological polar surface area (TPSA) is 35.2 Å². The van der Waals surface area contributed by atoms with Gasteiger partial charge in [0.2, 0.25) is 0 Å². The van der Waals surface area contributed by atoms with Crippen LogP contribution in [0.5, 0.6) is 0 Å². The van der Waals surface area contributed by atoms with Gasteiger partial charge in [0, 0.05) is 12.6 Å². The quantitative estimate of drug-likeness (QED) is 0.897. The highest BCUT2D eigenvalue weighted by molar-refractivity contribution is 7.99. The van der Waals surface area contributed by atoms with Crippen molar-refractivity contribution in [2.24, 2.45) is 11.7 Å². The van der Waals surface area contributed by atoms with Gasteiger partial charge in [-0.3, -0.25) is 0 Å². The van der Waals surface area contributed by atoms with Crippen LogP contribution in [0.2, 0.25) is 0 Å². The molecule has 2 atom stereocenters. The molecule has 0 aliphatic carbocycles. The van der Waals surface area contributed by atoms with Gasteiger partial charge >= 0.3 is 0 Å². The van der Waals surface area contributed by atoms with E-state index < -0.39 is 0 Å². The lowest BCUT2D eigenvalue weighted by atomic mass is 9.77. The molecule has 2 unspecified atom stereocenters. The highest BCUT2D eigenvalue weighted by Crippen LogP contribution is 2.43. The first-order valence-electron chi connectivity index (χ1n) is 8.13. The van der Waals surface area contributed by atoms with Gasteiger partial charge in [-0.1, -0.05) is 29.3 Å². The molecule has 21 heavy (non-hydrogen) atoms. The number of ether oxygens (including phenoxy) is 1. The number of nitrogens with two attached hydrogens (primary N) is 1. The molecule has 2 heterocycles. The summed E-state index contributed by atoms with van der Waals surface area (Å²) in [7, 11) is 0. The van der Waals surface area contributed by atoms with Crippen LogP contribution in [0.4, 0.5) is 0 Å². The summed E-state index contributed by atoms with van der Waals surface area (Å²) in [6.45, 7) is 5.20. The van der Waals surface area contributed by atoms with Crippen LogP contribution in [0.1, 0.15) is 48.4 Å². The Hall–Kier alpha value is -0.510. The van der Waals surface area contributed by atoms with E-state index in [1.54, 1.807) is 0 Å². The molecule has 0 amide bonds. The predicted octanol–water partition coefficient (Wildman–Crippen LogP) is 4.00. The Bertz CT molecular complexity index is 470. The van der Waals surface area contributed by atoms with E-state index in [1.807, 2.05) is 0 Å². The largest absolute Gasteiger partial charge is 0.375 e. The molecule has 0 radical (unpaired) electrons. The summed E-state index contributed by atoms with van der Waals surface area (Å²) in [4.78, 5) is 0. The van der Waals surface area contributed by atoms with Gasteiger partial charge in [-0.15, -0.1) is 0 Å². The number of hydrogen-bond acceptors (Lipinski definition) is 3. The van der Waals surface area contributed by atoms with Crippen LogP contribution < -0.4 is 5.73 Å². The summed E-state index contributed by atoms with van der Waals surface area (Å²) in [5, 5.41) is 0. The lowest BCUT2D eigenvalue weighted by Crippen LogP contribution is -2.45. The van der Waals surface area contributed by atoms with Crippen molar-refractivity contribution >= 4 is 11.8 Å². The Morgan fingerprint density at radius 1 is 1.19 bits per heavy atom. The van der Waals surface area contributed by atoms with Gasteiger partial charge in [-0.05, 0) is 62.5 Å². The molecule has 0 aromatic heterocycles. The minimum atomic E-state index is 0.130. The first kappa shape index (κ1) is 15.4. The van der Waals surface area contributed by atoms with Crippen molar-refractivity contribution in [3.63, 3.8) is 0 Å². The van der Waals surface area contributed by atoms with Gasteiger partial charge in [0.05, 0.1) is 5.60 Å². The third-order valence-corrected chi connectivity index (χ3v) is 6.06. The summed E-state index contributed by atoms with van der Waals surface area (Å²) in [5.41, 5.74) is 10.7. The van der Waals surface area contributed by atoms with Gasteiger partial charge in [-0.2, -0.15) is 11.8 Å². The molecule has 2 N–H and O–H groups in total. The summed E-state index contributed by atoms with van der Waals surface area (Å²) < 4.78 is 6.20. The van der Waals surface area contributed by atoms with Crippen molar-refractivity contribution < 1.29 is 4.74 Å². The number of benzene rings is 1. The van der Waals surface area contributed by atoms with Crippen LogP contribution in [0, 0.1) is 19.8 Å². The fourth-order valence-corrected chi connectivity index (χ4v) is 5.18. The molecule has 1 aromatic rings. The molecule has 3 heteroatoms. The minimum Gasteiger partial charge on any atom is -0.375 e. The van der Waals surface area contributed by atoms with E-state index in [1.165, 1.54) is 41.0 Å². The third kappa shape index (κ3) is 3.46. The molecule has 2 aliphatic heterocycles. The second-order valence-electron chi connectivity index (χ2n) is 6.84. The summed E-state index contributed by atoms with van der Waals surface area (Å²) >= 11 is 2.06. The van der Waals surface area contributed by atoms with Gasteiger partial charge in [0.15, 0.2) is 0 Å². The van der Waals surface area contributed by atoms with E-state index in [0.717, 1.165) is 19.4 Å². The predicted molar refractivity (Wildman–Crippen MR) is 90.8 cm³/mol. The van der Waals surface area contributed by atoms with Crippen molar-refractivity contribution in [1.29, 1.82) is 0 Å². The average molecular weight is 305 g/mol. The lowest BCUT2D eigenvalue weighted by molar-refractivity contribution is -0.105. The normalized spacial score (nSPS) is 26.7. The molecule has 1 aromatic carbocycles. The number of thioether (sulfide) groups is 1. The van der Waals surface area contributed by atoms with Crippen molar-refractivity contribution in [3.8, 4) is 0 Å². The van der Waals surface area contributed by atoms with Crippen molar-refractivity contribution in [3.05, 3.63) is 34.9 Å². The Labute approximate surface area is 132 Å². The zero-order chi connectivity index (χ0) is 14.9. The number of rotatable bonds is 2. The number of aryl methyl sites for hydroxylation is 2. The maximum atomic E-state index is 6.64. The highest BCUT2D eigenvalue weighted by Gasteiger charge is 2.40. The average Bonchev–Trinajstić information content (AvgIpc) is 2.46. The molecule has 3 rings (SSSR count). The fraction of sp³-hybridized carbons (Fsp3) is 0.667. The first-order chi connectivity index (χ1) is 10.1. The first-order valence-corrected chi connectivity index (χ1v) is 9.29. The maximum absolute atomic E-state index is 6.64. The van der Waals surface area contributed by atoms with Crippen molar-refractivity contribution in [1.82, 2.24) is 0 Å². The Kier molecular flexibility index (Phi) is 4.63. The Morgan fingerprint density at radius 2 is 1.86 bits per heavy atom. The Balaban J connectivity index is 1.76. The van der Waals surface area contributed by atoms with E-state index in [2.05, 4.69) is 43.8 Å². The maximum Gasteiger partial charge on any atom is 0.0701 e. The summed E-state index contributed by atoms with van der Waals surface area (Å²) in [6.07, 6.45) is 4.65. The second kappa shape index (κ2) is 6.31. The zero-order valence-electron chi connectivity index (χ0n) is 13.2. The molecule has 1 spiro atoms. The van der Waals surface area contributed by atoms with Crippen LogP contribution in [-0.4, -0.2) is 23.7 Å². The van der Waals surface area contributed by atoms with Crippen LogP contribution in [-0.2, 0) is 4.74 Å². The van der Waals surface area contributed by atoms with Crippen LogP contribution in [0.25, 0.3) is 0 Å². The highest BCUT2D eigenvalue weighted by atomic mass is 32.2. The number of hydrogen-bond donors (Lipinski definition) is 1. The standard InChI is InChI=1S/C18H27NOS/c1-13-9-14(2)11-16(10-13)17(19)15-3-6-20-18(12-15)4-7-21-8-5-18/h9-11,15,17H,3-8,12,19H2,1-2H3. The van der Waals surface area contributed by atoms with Gasteiger partial charge in [0.1, 0.15) is 0 Å². The zero-order valence-corrected chi connectivity index (χ0v) is 14.0. The van der Waals surface area contributed by atoms with Gasteiger partial charge in [-0.25, -0.2) is 0 Å². The van der Waals surface area contributed by atoms with E-state index >= 15 is 0 Å². The van der Waals surface area contributed by atoms with Gasteiger partial charge in [0.25, 0.3) is 0 Å². The molecule has 0 bridgehead atoms. The molecule has 116 valence electrons. The molecule has 2 saturated heterocycles. The van der Waals surface area contributed by atoms with E-state index in [4.69, 9.17) is 10.5 Å². The van der Waals surface area contributed by atoms with Gasteiger partial charge < -0.3 is 10.5 Å².